The molecular formula is C26H30ClN11O. The number of aliphatic hydroxyl groups is 1. The average Bonchev–Trinajstić information content (AvgIpc) is 3.65. The van der Waals surface area contributed by atoms with Crippen LogP contribution in [0.1, 0.15) is 31.0 Å². The highest BCUT2D eigenvalue weighted by Crippen LogP contribution is 2.37. The van der Waals surface area contributed by atoms with E-state index in [2.05, 4.69) is 59.5 Å². The van der Waals surface area contributed by atoms with Gasteiger partial charge in [0.25, 0.3) is 0 Å². The van der Waals surface area contributed by atoms with Crippen molar-refractivity contribution >= 4 is 40.4 Å². The van der Waals surface area contributed by atoms with Crippen molar-refractivity contribution in [3.8, 4) is 12.1 Å². The van der Waals surface area contributed by atoms with Crippen molar-refractivity contribution in [1.82, 2.24) is 29.4 Å². The van der Waals surface area contributed by atoms with Crippen LogP contribution in [-0.2, 0) is 0 Å². The molecule has 3 aliphatic rings. The zero-order chi connectivity index (χ0) is 27.1. The third-order valence-electron chi connectivity index (χ3n) is 7.77. The van der Waals surface area contributed by atoms with Crippen LogP contribution in [0.3, 0.4) is 0 Å². The van der Waals surface area contributed by atoms with Crippen molar-refractivity contribution in [2.75, 3.05) is 61.4 Å². The van der Waals surface area contributed by atoms with Gasteiger partial charge in [-0.3, -0.25) is 9.80 Å². The van der Waals surface area contributed by atoms with Crippen molar-refractivity contribution < 1.29 is 5.11 Å². The number of likely N-dealkylation sites (tertiary alicyclic amines) is 1. The lowest BCUT2D eigenvalue weighted by Gasteiger charge is -2.50. The first kappa shape index (κ1) is 25.6. The van der Waals surface area contributed by atoms with E-state index in [4.69, 9.17) is 11.6 Å². The van der Waals surface area contributed by atoms with Crippen molar-refractivity contribution in [1.29, 1.82) is 10.5 Å². The summed E-state index contributed by atoms with van der Waals surface area (Å²) in [5.41, 5.74) is 2.57. The van der Waals surface area contributed by atoms with E-state index >= 15 is 0 Å². The van der Waals surface area contributed by atoms with Gasteiger partial charge in [-0.1, -0.05) is 11.6 Å². The smallest absolute Gasteiger partial charge is 0.247 e. The molecule has 0 bridgehead atoms. The Hall–Kier alpha value is -3.68. The maximum atomic E-state index is 9.76. The Bertz CT molecular complexity index is 1460. The maximum absolute atomic E-state index is 9.76. The number of aliphatic hydroxyl groups excluding tert-OH is 1. The molecule has 1 aliphatic carbocycles. The summed E-state index contributed by atoms with van der Waals surface area (Å²) in [6, 6.07) is 8.90. The number of hydrogen-bond donors (Lipinski definition) is 3. The van der Waals surface area contributed by atoms with Gasteiger partial charge in [0, 0.05) is 57.4 Å². The summed E-state index contributed by atoms with van der Waals surface area (Å²) in [6.07, 6.45) is 3.58. The molecule has 0 radical (unpaired) electrons. The number of aromatic nitrogens is 4. The molecule has 2 aliphatic heterocycles. The van der Waals surface area contributed by atoms with Gasteiger partial charge in [0.15, 0.2) is 17.2 Å². The van der Waals surface area contributed by atoms with Crippen LogP contribution in [-0.4, -0.2) is 98.5 Å². The lowest BCUT2D eigenvalue weighted by Crippen LogP contribution is -2.65. The summed E-state index contributed by atoms with van der Waals surface area (Å²) >= 11 is 6.92. The topological polar surface area (TPSA) is 145 Å². The minimum Gasteiger partial charge on any atom is -0.395 e. The van der Waals surface area contributed by atoms with Crippen LogP contribution in [0.2, 0.25) is 5.02 Å². The Morgan fingerprint density at radius 2 is 1.92 bits per heavy atom. The standard InChI is InChI=1S/C26H30ClN11O/c1-16(15-39)37-13-20(14-37)35-4-6-36(7-5-35)22-9-17(10-28)8-21(23(22)27)32-26-33-24(31-18-2-3-18)25-30-12-19(11-29)38(25)34-26/h8-9,12,16,18,20,39H,2-7,13-15H2,1H3,(H2,31,32,33,34). The number of nitrogens with zero attached hydrogens (tertiary/aromatic N) is 9. The molecule has 0 spiro atoms. The summed E-state index contributed by atoms with van der Waals surface area (Å²) in [7, 11) is 0. The SMILES string of the molecule is CC(CO)N1CC(N2CCN(c3cc(C#N)cc(Nc4nc(NC5CC5)c5ncc(C#N)n5n4)c3Cl)CC2)C1. The molecule has 1 saturated carbocycles. The lowest BCUT2D eigenvalue weighted by atomic mass is 10.0. The fraction of sp³-hybridized carbons (Fsp3) is 0.500. The zero-order valence-corrected chi connectivity index (χ0v) is 22.4. The predicted molar refractivity (Wildman–Crippen MR) is 147 cm³/mol. The van der Waals surface area contributed by atoms with Gasteiger partial charge in [0.05, 0.1) is 40.8 Å². The maximum Gasteiger partial charge on any atom is 0.247 e. The molecule has 2 saturated heterocycles. The van der Waals surface area contributed by atoms with Crippen molar-refractivity contribution in [2.24, 2.45) is 0 Å². The molecule has 1 atom stereocenters. The molecule has 13 heteroatoms. The molecular weight excluding hydrogens is 518 g/mol. The summed E-state index contributed by atoms with van der Waals surface area (Å²) in [4.78, 5) is 16.0. The quantitative estimate of drug-likeness (QED) is 0.381. The molecule has 1 aromatic carbocycles. The number of fused-ring (bicyclic) bond motifs is 1. The van der Waals surface area contributed by atoms with Crippen molar-refractivity contribution in [3.05, 3.63) is 34.6 Å². The Kier molecular flexibility index (Phi) is 6.87. The van der Waals surface area contributed by atoms with E-state index < -0.39 is 0 Å². The van der Waals surface area contributed by atoms with E-state index in [1.165, 1.54) is 10.7 Å². The van der Waals surface area contributed by atoms with E-state index in [-0.39, 0.29) is 18.6 Å². The summed E-state index contributed by atoms with van der Waals surface area (Å²) < 4.78 is 1.46. The fourth-order valence-corrected chi connectivity index (χ4v) is 5.44. The van der Waals surface area contributed by atoms with Gasteiger partial charge in [-0.15, -0.1) is 5.10 Å². The number of anilines is 4. The molecule has 2 aromatic heterocycles. The largest absolute Gasteiger partial charge is 0.395 e. The lowest BCUT2D eigenvalue weighted by molar-refractivity contribution is -0.00795. The first-order valence-corrected chi connectivity index (χ1v) is 13.6. The molecule has 202 valence electrons. The first-order chi connectivity index (χ1) is 19.0. The number of benzene rings is 1. The Morgan fingerprint density at radius 1 is 1.15 bits per heavy atom. The fourth-order valence-electron chi connectivity index (χ4n) is 5.17. The van der Waals surface area contributed by atoms with E-state index in [1.54, 1.807) is 6.07 Å². The Morgan fingerprint density at radius 3 is 2.59 bits per heavy atom. The number of halogens is 1. The van der Waals surface area contributed by atoms with E-state index in [0.717, 1.165) is 57.8 Å². The molecule has 1 unspecified atom stereocenters. The highest BCUT2D eigenvalue weighted by molar-refractivity contribution is 6.36. The Balaban J connectivity index is 1.22. The van der Waals surface area contributed by atoms with Gasteiger partial charge < -0.3 is 20.6 Å². The predicted octanol–water partition coefficient (Wildman–Crippen LogP) is 2.03. The minimum absolute atomic E-state index is 0.184. The molecule has 3 fully saturated rings. The summed E-state index contributed by atoms with van der Waals surface area (Å²) in [5.74, 6) is 0.794. The molecule has 4 heterocycles. The third-order valence-corrected chi connectivity index (χ3v) is 8.17. The van der Waals surface area contributed by atoms with Crippen molar-refractivity contribution in [2.45, 2.75) is 37.9 Å². The number of rotatable bonds is 8. The molecule has 12 nitrogen and oxygen atoms in total. The van der Waals surface area contributed by atoms with Crippen LogP contribution in [0.25, 0.3) is 5.65 Å². The molecule has 6 rings (SSSR count). The summed E-state index contributed by atoms with van der Waals surface area (Å²) in [5, 5.41) is 40.2. The molecule has 0 amide bonds. The van der Waals surface area contributed by atoms with E-state index in [9.17, 15) is 15.6 Å². The second-order valence-electron chi connectivity index (χ2n) is 10.4. The number of hydrogen-bond acceptors (Lipinski definition) is 11. The zero-order valence-electron chi connectivity index (χ0n) is 21.7. The second kappa shape index (κ2) is 10.5. The van der Waals surface area contributed by atoms with Gasteiger partial charge >= 0.3 is 0 Å². The van der Waals surface area contributed by atoms with Crippen LogP contribution in [0.5, 0.6) is 0 Å². The van der Waals surface area contributed by atoms with Crippen LogP contribution in [0.15, 0.2) is 18.3 Å². The highest BCUT2D eigenvalue weighted by atomic mass is 35.5. The van der Waals surface area contributed by atoms with Gasteiger partial charge in [-0.05, 0) is 31.9 Å². The van der Waals surface area contributed by atoms with Crippen molar-refractivity contribution in [3.63, 3.8) is 0 Å². The molecule has 39 heavy (non-hydrogen) atoms. The number of piperazine rings is 1. The van der Waals surface area contributed by atoms with E-state index in [1.807, 2.05) is 6.07 Å². The normalized spacial score (nSPS) is 19.4. The first-order valence-electron chi connectivity index (χ1n) is 13.2. The monoisotopic (exact) mass is 547 g/mol. The highest BCUT2D eigenvalue weighted by Gasteiger charge is 2.35. The average molecular weight is 548 g/mol. The molecule has 3 N–H and O–H groups in total. The van der Waals surface area contributed by atoms with Crippen LogP contribution in [0, 0.1) is 22.7 Å². The van der Waals surface area contributed by atoms with Gasteiger partial charge in [-0.2, -0.15) is 20.0 Å². The molecule has 3 aromatic rings. The van der Waals surface area contributed by atoms with Gasteiger partial charge in [-0.25, -0.2) is 4.98 Å². The second-order valence-corrected chi connectivity index (χ2v) is 10.8. The van der Waals surface area contributed by atoms with Crippen LogP contribution >= 0.6 is 11.6 Å². The number of nitrogens with one attached hydrogen (secondary N) is 2. The van der Waals surface area contributed by atoms with Gasteiger partial charge in [0.1, 0.15) is 6.07 Å². The minimum atomic E-state index is 0.184. The van der Waals surface area contributed by atoms with E-state index in [0.29, 0.717) is 45.5 Å². The van der Waals surface area contributed by atoms with Crippen LogP contribution < -0.4 is 15.5 Å². The number of nitriles is 2. The van der Waals surface area contributed by atoms with Gasteiger partial charge in [0.2, 0.25) is 5.95 Å². The Labute approximate surface area is 231 Å². The van der Waals surface area contributed by atoms with Crippen LogP contribution in [0.4, 0.5) is 23.1 Å². The summed E-state index contributed by atoms with van der Waals surface area (Å²) in [6.45, 7) is 7.57. The third kappa shape index (κ3) is 5.04. The number of imidazole rings is 1.